The normalized spacial score (nSPS) is 33.8. The molecule has 3 aliphatic rings. The molecule has 1 aromatic carbocycles. The van der Waals surface area contributed by atoms with E-state index in [0.29, 0.717) is 11.1 Å². The van der Waals surface area contributed by atoms with E-state index in [0.717, 1.165) is 0 Å². The van der Waals surface area contributed by atoms with Crippen molar-refractivity contribution in [3.05, 3.63) is 40.2 Å². The summed E-state index contributed by atoms with van der Waals surface area (Å²) in [5.41, 5.74) is 2.46. The molecular weight excluding hydrogens is 520 g/mol. The molecule has 0 saturated heterocycles. The zero-order valence-electron chi connectivity index (χ0n) is 23.8. The fourth-order valence-electron chi connectivity index (χ4n) is 6.93. The molecule has 11 nitrogen and oxygen atoms in total. The lowest BCUT2D eigenvalue weighted by atomic mass is 9.53. The van der Waals surface area contributed by atoms with E-state index < -0.39 is 82.1 Å². The summed E-state index contributed by atoms with van der Waals surface area (Å²) in [6.07, 6.45) is -3.15. The summed E-state index contributed by atoms with van der Waals surface area (Å²) in [4.78, 5) is 54.4. The second-order valence-electron chi connectivity index (χ2n) is 12.4. The minimum Gasteiger partial charge on any atom is -0.508 e. The monoisotopic (exact) mass is 558 g/mol. The van der Waals surface area contributed by atoms with Crippen molar-refractivity contribution in [1.29, 1.82) is 0 Å². The maximum absolute atomic E-state index is 14.1. The van der Waals surface area contributed by atoms with E-state index in [4.69, 9.17) is 10.5 Å². The molecule has 3 aliphatic carbocycles. The van der Waals surface area contributed by atoms with E-state index in [1.54, 1.807) is 26.0 Å². The number of amides is 1. The third-order valence-electron chi connectivity index (χ3n) is 8.84. The highest BCUT2D eigenvalue weighted by molar-refractivity contribution is 6.16. The Labute approximate surface area is 232 Å². The van der Waals surface area contributed by atoms with Gasteiger partial charge in [0.05, 0.1) is 17.6 Å². The van der Waals surface area contributed by atoms with Crippen LogP contribution in [-0.2, 0) is 24.5 Å². The number of ketones is 2. The second-order valence-corrected chi connectivity index (χ2v) is 12.4. The molecule has 0 heterocycles. The van der Waals surface area contributed by atoms with Crippen LogP contribution in [-0.4, -0.2) is 86.7 Å². The van der Waals surface area contributed by atoms with Crippen LogP contribution in [0.1, 0.15) is 68.4 Å². The number of benzene rings is 1. The molecule has 2 unspecified atom stereocenters. The summed E-state index contributed by atoms with van der Waals surface area (Å²) < 4.78 is 5.84. The molecule has 1 fully saturated rings. The van der Waals surface area contributed by atoms with Gasteiger partial charge in [0, 0.05) is 29.5 Å². The van der Waals surface area contributed by atoms with Crippen LogP contribution in [0, 0.1) is 17.8 Å². The first-order chi connectivity index (χ1) is 18.4. The lowest BCUT2D eigenvalue weighted by Crippen LogP contribution is -2.74. The summed E-state index contributed by atoms with van der Waals surface area (Å²) in [6.45, 7) is 8.85. The molecule has 4 rings (SSSR count). The number of likely N-dealkylation sites (N-methyl/N-ethyl adjacent to an activating group) is 1. The van der Waals surface area contributed by atoms with Crippen LogP contribution < -0.4 is 5.73 Å². The van der Waals surface area contributed by atoms with Gasteiger partial charge in [-0.05, 0) is 31.0 Å². The highest BCUT2D eigenvalue weighted by Gasteiger charge is 2.70. The van der Waals surface area contributed by atoms with Crippen LogP contribution >= 0.6 is 0 Å². The number of primary amides is 1. The van der Waals surface area contributed by atoms with E-state index in [-0.39, 0.29) is 23.3 Å². The number of nitrogens with two attached hydrogens (primary N) is 1. The summed E-state index contributed by atoms with van der Waals surface area (Å²) >= 11 is 0. The van der Waals surface area contributed by atoms with E-state index in [1.165, 1.54) is 19.0 Å². The number of aliphatic hydroxyl groups is 3. The third-order valence-corrected chi connectivity index (χ3v) is 8.84. The van der Waals surface area contributed by atoms with Crippen molar-refractivity contribution >= 4 is 23.4 Å². The quantitative estimate of drug-likeness (QED) is 0.264. The minimum atomic E-state index is -2.90. The first-order valence-corrected chi connectivity index (χ1v) is 13.4. The predicted molar refractivity (Wildman–Crippen MR) is 142 cm³/mol. The average molecular weight is 559 g/mol. The Kier molecular flexibility index (Phi) is 7.18. The summed E-state index contributed by atoms with van der Waals surface area (Å²) in [7, 11) is 3.07. The van der Waals surface area contributed by atoms with Gasteiger partial charge in [-0.15, -0.1) is 0 Å². The fraction of sp³-hybridized carbons (Fsp3) is 0.586. The van der Waals surface area contributed by atoms with Gasteiger partial charge in [-0.2, -0.15) is 0 Å². The predicted octanol–water partition coefficient (Wildman–Crippen LogP) is 1.08. The Morgan fingerprint density at radius 1 is 1.15 bits per heavy atom. The number of phenols is 1. The number of ether oxygens (including phenoxy) is 1. The van der Waals surface area contributed by atoms with Crippen molar-refractivity contribution in [2.75, 3.05) is 14.1 Å². The number of hydrogen-bond acceptors (Lipinski definition) is 10. The first-order valence-electron chi connectivity index (χ1n) is 13.4. The highest BCUT2D eigenvalue weighted by Crippen LogP contribution is 2.57. The Bertz CT molecular complexity index is 1330. The number of rotatable bonds is 4. The standard InChI is InChI=1S/C29H38N2O9/c1-8-14(32)40-24-15-11(2)12-9-10-13(28(3,4)5)21(33)16(12)22(34)17(15)25(36)29(39)19(24)20(31(6)7)23(35)18(26(29)37)27(30)38/h9-11,15,18-20,23-24,33,35-36,39H,8H2,1-7H3,(H2,30,38)/t11-,15+,18?,19+,20-,23?,24-,29-/m0/s1. The molecule has 1 saturated carbocycles. The van der Waals surface area contributed by atoms with Crippen LogP contribution in [0.15, 0.2) is 23.5 Å². The average Bonchev–Trinajstić information content (AvgIpc) is 2.84. The third kappa shape index (κ3) is 3.97. The number of carbonyl (C=O) groups excluding carboxylic acids is 4. The Hall–Kier alpha value is -3.28. The Balaban J connectivity index is 2.09. The number of fused-ring (bicyclic) bond motifs is 3. The zero-order valence-corrected chi connectivity index (χ0v) is 23.8. The van der Waals surface area contributed by atoms with Gasteiger partial charge in [-0.3, -0.25) is 19.2 Å². The molecule has 0 aliphatic heterocycles. The molecule has 8 atom stereocenters. The van der Waals surface area contributed by atoms with Crippen LogP contribution in [0.25, 0.3) is 0 Å². The molecule has 218 valence electrons. The van der Waals surface area contributed by atoms with Crippen LogP contribution in [0.5, 0.6) is 5.75 Å². The molecule has 40 heavy (non-hydrogen) atoms. The maximum Gasteiger partial charge on any atom is 0.305 e. The molecule has 0 radical (unpaired) electrons. The minimum absolute atomic E-state index is 0.0684. The SMILES string of the molecule is CCC(=O)O[C@H]1[C@H]2C(=C(O)[C@]3(O)C(=O)C(C(N)=O)C(O)[C@@H](N(C)C)[C@H]13)C(=O)c1c(ccc(C(C)(C)C)c1O)[C@@H]2C. The molecule has 1 amide bonds. The van der Waals surface area contributed by atoms with Gasteiger partial charge in [0.1, 0.15) is 23.5 Å². The number of nitrogens with zero attached hydrogens (tertiary/aromatic N) is 1. The number of hydrogen-bond donors (Lipinski definition) is 5. The Morgan fingerprint density at radius 2 is 1.75 bits per heavy atom. The maximum atomic E-state index is 14.1. The number of esters is 1. The van der Waals surface area contributed by atoms with Crippen LogP contribution in [0.2, 0.25) is 0 Å². The van der Waals surface area contributed by atoms with E-state index in [1.807, 2.05) is 20.8 Å². The molecule has 0 bridgehead atoms. The van der Waals surface area contributed by atoms with Gasteiger partial charge < -0.3 is 35.8 Å². The van der Waals surface area contributed by atoms with Crippen molar-refractivity contribution in [3.8, 4) is 5.75 Å². The van der Waals surface area contributed by atoms with E-state index in [2.05, 4.69) is 0 Å². The van der Waals surface area contributed by atoms with Crippen LogP contribution in [0.3, 0.4) is 0 Å². The van der Waals surface area contributed by atoms with Crippen molar-refractivity contribution in [2.24, 2.45) is 23.5 Å². The zero-order chi connectivity index (χ0) is 30.2. The lowest BCUT2D eigenvalue weighted by Gasteiger charge is -2.57. The van der Waals surface area contributed by atoms with Crippen molar-refractivity contribution in [1.82, 2.24) is 4.90 Å². The molecule has 0 spiro atoms. The Morgan fingerprint density at radius 3 is 2.25 bits per heavy atom. The lowest BCUT2D eigenvalue weighted by molar-refractivity contribution is -0.203. The van der Waals surface area contributed by atoms with Gasteiger partial charge in [-0.1, -0.05) is 46.8 Å². The number of aliphatic hydroxyl groups excluding tert-OH is 2. The smallest absolute Gasteiger partial charge is 0.305 e. The molecule has 11 heteroatoms. The molecular formula is C29H38N2O9. The fourth-order valence-corrected chi connectivity index (χ4v) is 6.93. The van der Waals surface area contributed by atoms with Crippen molar-refractivity contribution in [2.45, 2.75) is 76.2 Å². The van der Waals surface area contributed by atoms with Gasteiger partial charge in [0.2, 0.25) is 5.91 Å². The summed E-state index contributed by atoms with van der Waals surface area (Å²) in [6, 6.07) is 2.23. The molecule has 6 N–H and O–H groups in total. The topological polar surface area (TPSA) is 188 Å². The largest absolute Gasteiger partial charge is 0.508 e. The molecule has 0 aromatic heterocycles. The van der Waals surface area contributed by atoms with Gasteiger partial charge in [-0.25, -0.2) is 0 Å². The van der Waals surface area contributed by atoms with E-state index >= 15 is 0 Å². The summed E-state index contributed by atoms with van der Waals surface area (Å²) in [5.74, 6) is -10.4. The number of carbonyl (C=O) groups is 4. The van der Waals surface area contributed by atoms with Crippen LogP contribution in [0.4, 0.5) is 0 Å². The van der Waals surface area contributed by atoms with Crippen molar-refractivity contribution in [3.63, 3.8) is 0 Å². The van der Waals surface area contributed by atoms with Gasteiger partial charge in [0.15, 0.2) is 17.2 Å². The van der Waals surface area contributed by atoms with E-state index in [9.17, 15) is 39.6 Å². The first kappa shape index (κ1) is 29.7. The molecule has 1 aromatic rings. The van der Waals surface area contributed by atoms with Gasteiger partial charge in [0.25, 0.3) is 0 Å². The number of Topliss-reactive ketones (excluding diaryl/α,β-unsaturated/α-hetero) is 2. The van der Waals surface area contributed by atoms with Crippen molar-refractivity contribution < 1.29 is 44.3 Å². The number of phenolic OH excluding ortho intramolecular Hbond substituents is 1. The second kappa shape index (κ2) is 9.67. The van der Waals surface area contributed by atoms with Gasteiger partial charge >= 0.3 is 5.97 Å². The summed E-state index contributed by atoms with van der Waals surface area (Å²) in [5, 5.41) is 46.2. The highest BCUT2D eigenvalue weighted by atomic mass is 16.5. The number of aromatic hydroxyl groups is 1.